The van der Waals surface area contributed by atoms with E-state index in [1.807, 2.05) is 50.2 Å². The van der Waals surface area contributed by atoms with Crippen LogP contribution in [0.5, 0.6) is 5.75 Å². The normalized spacial score (nSPS) is 15.3. The highest BCUT2D eigenvalue weighted by molar-refractivity contribution is 7.92. The minimum Gasteiger partial charge on any atom is -0.476 e. The Kier molecular flexibility index (Phi) is 6.00. The highest BCUT2D eigenvalue weighted by Crippen LogP contribution is 2.38. The number of rotatable bonds is 5. The van der Waals surface area contributed by atoms with E-state index in [9.17, 15) is 13.2 Å². The predicted octanol–water partition coefficient (Wildman–Crippen LogP) is 4.42. The van der Waals surface area contributed by atoms with E-state index in [0.717, 1.165) is 16.7 Å². The molecule has 1 amide bonds. The number of nitrogens with one attached hydrogen (secondary N) is 1. The van der Waals surface area contributed by atoms with Crippen LogP contribution in [-0.4, -0.2) is 37.2 Å². The van der Waals surface area contributed by atoms with Crippen LogP contribution in [0.15, 0.2) is 77.7 Å². The third-order valence-corrected chi connectivity index (χ3v) is 8.24. The van der Waals surface area contributed by atoms with Gasteiger partial charge in [0.15, 0.2) is 6.10 Å². The van der Waals surface area contributed by atoms with Crippen LogP contribution in [-0.2, 0) is 14.8 Å². The highest BCUT2D eigenvalue weighted by atomic mass is 32.2. The zero-order valence-corrected chi connectivity index (χ0v) is 20.6. The summed E-state index contributed by atoms with van der Waals surface area (Å²) >= 11 is 1.23. The van der Waals surface area contributed by atoms with Gasteiger partial charge in [0, 0.05) is 5.56 Å². The maximum atomic E-state index is 13.6. The number of aromatic nitrogens is 2. The molecule has 1 aliphatic heterocycles. The van der Waals surface area contributed by atoms with Gasteiger partial charge in [0.25, 0.3) is 15.9 Å². The Morgan fingerprint density at radius 1 is 1.00 bits per heavy atom. The number of carbonyl (C=O) groups excluding carboxylic acids is 1. The van der Waals surface area contributed by atoms with Crippen LogP contribution in [0.25, 0.3) is 10.6 Å². The van der Waals surface area contributed by atoms with Crippen molar-refractivity contribution in [2.24, 2.45) is 0 Å². The molecule has 4 aromatic rings. The monoisotopic (exact) mass is 506 g/mol. The molecular weight excluding hydrogens is 484 g/mol. The number of sulfonamides is 1. The van der Waals surface area contributed by atoms with Gasteiger partial charge in [-0.3, -0.25) is 14.4 Å². The summed E-state index contributed by atoms with van der Waals surface area (Å²) in [4.78, 5) is 13.3. The Morgan fingerprint density at radius 2 is 1.71 bits per heavy atom. The van der Waals surface area contributed by atoms with E-state index in [4.69, 9.17) is 4.74 Å². The number of hydrogen-bond acceptors (Lipinski definition) is 7. The topological polar surface area (TPSA) is 101 Å². The summed E-state index contributed by atoms with van der Waals surface area (Å²) in [6.45, 7) is 3.58. The maximum absolute atomic E-state index is 13.6. The van der Waals surface area contributed by atoms with Crippen molar-refractivity contribution in [2.45, 2.75) is 24.8 Å². The Morgan fingerprint density at radius 3 is 2.46 bits per heavy atom. The molecule has 5 rings (SSSR count). The number of carbonyl (C=O) groups is 1. The molecule has 1 atom stereocenters. The predicted molar refractivity (Wildman–Crippen MR) is 135 cm³/mol. The summed E-state index contributed by atoms with van der Waals surface area (Å²) in [6.07, 6.45) is -1.07. The first kappa shape index (κ1) is 23.0. The van der Waals surface area contributed by atoms with E-state index >= 15 is 0 Å². The smallest absolute Gasteiger partial charge is 0.269 e. The number of benzene rings is 3. The molecule has 8 nitrogen and oxygen atoms in total. The first-order valence-corrected chi connectivity index (χ1v) is 13.1. The lowest BCUT2D eigenvalue weighted by Crippen LogP contribution is -2.48. The number of fused-ring (bicyclic) bond motifs is 1. The van der Waals surface area contributed by atoms with Gasteiger partial charge in [-0.25, -0.2) is 8.42 Å². The minimum absolute atomic E-state index is 0.147. The standard InChI is InChI=1S/C25H22N4O4S2/c1-16-8-11-19(12-9-16)35(31,32)29-15-22(33-21-13-10-17(2)14-20(21)29)23(30)26-25-28-27-24(34-25)18-6-4-3-5-7-18/h3-14,22H,15H2,1-2H3,(H,26,28,30)/t22-/m1/s1. The summed E-state index contributed by atoms with van der Waals surface area (Å²) in [5.41, 5.74) is 3.11. The van der Waals surface area contributed by atoms with Gasteiger partial charge < -0.3 is 4.74 Å². The SMILES string of the molecule is Cc1ccc(S(=O)(=O)N2C[C@H](C(=O)Nc3nnc(-c4ccccc4)s3)Oc3ccc(C)cc32)cc1. The van der Waals surface area contributed by atoms with E-state index in [1.54, 1.807) is 36.4 Å². The molecule has 0 unspecified atom stereocenters. The molecule has 0 fully saturated rings. The van der Waals surface area contributed by atoms with Crippen molar-refractivity contribution in [3.63, 3.8) is 0 Å². The van der Waals surface area contributed by atoms with E-state index in [-0.39, 0.29) is 11.4 Å². The number of hydrogen-bond donors (Lipinski definition) is 1. The fourth-order valence-electron chi connectivity index (χ4n) is 3.72. The molecule has 0 aliphatic carbocycles. The minimum atomic E-state index is -3.93. The van der Waals surface area contributed by atoms with Gasteiger partial charge in [-0.1, -0.05) is 65.4 Å². The third-order valence-electron chi connectivity index (χ3n) is 5.56. The Labute approximate surface area is 207 Å². The fraction of sp³-hybridized carbons (Fsp3) is 0.160. The molecule has 0 saturated heterocycles. The lowest BCUT2D eigenvalue weighted by atomic mass is 10.1. The fourth-order valence-corrected chi connectivity index (χ4v) is 5.94. The molecule has 10 heteroatoms. The van der Waals surface area contributed by atoms with Crippen molar-refractivity contribution < 1.29 is 17.9 Å². The molecule has 35 heavy (non-hydrogen) atoms. The first-order valence-electron chi connectivity index (χ1n) is 10.9. The molecule has 1 aromatic heterocycles. The summed E-state index contributed by atoms with van der Waals surface area (Å²) in [5, 5.41) is 11.9. The quantitative estimate of drug-likeness (QED) is 0.430. The van der Waals surface area contributed by atoms with Crippen molar-refractivity contribution in [1.82, 2.24) is 10.2 Å². The van der Waals surface area contributed by atoms with Gasteiger partial charge in [0.05, 0.1) is 17.1 Å². The molecule has 0 radical (unpaired) electrons. The van der Waals surface area contributed by atoms with Crippen LogP contribution in [0.2, 0.25) is 0 Å². The lowest BCUT2D eigenvalue weighted by Gasteiger charge is -2.34. The second-order valence-corrected chi connectivity index (χ2v) is 11.0. The largest absolute Gasteiger partial charge is 0.476 e. The molecule has 0 spiro atoms. The summed E-state index contributed by atoms with van der Waals surface area (Å²) in [5.74, 6) is -0.184. The van der Waals surface area contributed by atoms with Gasteiger partial charge in [0.1, 0.15) is 10.8 Å². The molecule has 0 saturated carbocycles. The van der Waals surface area contributed by atoms with E-state index in [2.05, 4.69) is 15.5 Å². The van der Waals surface area contributed by atoms with Crippen LogP contribution in [0.4, 0.5) is 10.8 Å². The molecule has 2 heterocycles. The number of ether oxygens (including phenoxy) is 1. The Balaban J connectivity index is 1.43. The van der Waals surface area contributed by atoms with Gasteiger partial charge in [-0.05, 0) is 43.7 Å². The average molecular weight is 507 g/mol. The van der Waals surface area contributed by atoms with Gasteiger partial charge in [-0.15, -0.1) is 10.2 Å². The van der Waals surface area contributed by atoms with Crippen LogP contribution in [0.1, 0.15) is 11.1 Å². The molecule has 1 aliphatic rings. The van der Waals surface area contributed by atoms with Crippen LogP contribution < -0.4 is 14.4 Å². The van der Waals surface area contributed by atoms with Gasteiger partial charge >= 0.3 is 0 Å². The second kappa shape index (κ2) is 9.12. The first-order chi connectivity index (χ1) is 16.8. The summed E-state index contributed by atoms with van der Waals surface area (Å²) in [6, 6.07) is 21.4. The van der Waals surface area contributed by atoms with E-state index in [1.165, 1.54) is 15.6 Å². The number of anilines is 2. The maximum Gasteiger partial charge on any atom is 0.269 e. The van der Waals surface area contributed by atoms with Gasteiger partial charge in [0.2, 0.25) is 5.13 Å². The van der Waals surface area contributed by atoms with Crippen molar-refractivity contribution >= 4 is 38.1 Å². The third kappa shape index (κ3) is 4.62. The van der Waals surface area contributed by atoms with E-state index < -0.39 is 22.0 Å². The van der Waals surface area contributed by atoms with Crippen LogP contribution >= 0.6 is 11.3 Å². The lowest BCUT2D eigenvalue weighted by molar-refractivity contribution is -0.122. The van der Waals surface area contributed by atoms with Crippen molar-refractivity contribution in [2.75, 3.05) is 16.2 Å². The van der Waals surface area contributed by atoms with Crippen molar-refractivity contribution in [1.29, 1.82) is 0 Å². The molecular formula is C25H22N4O4S2. The zero-order valence-electron chi connectivity index (χ0n) is 19.0. The number of aryl methyl sites for hydroxylation is 2. The summed E-state index contributed by atoms with van der Waals surface area (Å²) < 4.78 is 34.3. The van der Waals surface area contributed by atoms with E-state index in [0.29, 0.717) is 21.6 Å². The molecule has 1 N–H and O–H groups in total. The average Bonchev–Trinajstić information content (AvgIpc) is 3.32. The number of amides is 1. The van der Waals surface area contributed by atoms with Gasteiger partial charge in [-0.2, -0.15) is 0 Å². The zero-order chi connectivity index (χ0) is 24.6. The Bertz CT molecular complexity index is 1490. The number of nitrogens with zero attached hydrogens (tertiary/aromatic N) is 3. The van der Waals surface area contributed by atoms with Crippen molar-refractivity contribution in [3.05, 3.63) is 83.9 Å². The molecule has 0 bridgehead atoms. The molecule has 178 valence electrons. The second-order valence-electron chi connectivity index (χ2n) is 8.19. The van der Waals surface area contributed by atoms with Crippen molar-refractivity contribution in [3.8, 4) is 16.3 Å². The van der Waals surface area contributed by atoms with Crippen LogP contribution in [0, 0.1) is 13.8 Å². The summed E-state index contributed by atoms with van der Waals surface area (Å²) in [7, 11) is -3.93. The molecule has 3 aromatic carbocycles. The Hall–Kier alpha value is -3.76. The highest BCUT2D eigenvalue weighted by Gasteiger charge is 2.38. The van der Waals surface area contributed by atoms with Crippen LogP contribution in [0.3, 0.4) is 0 Å².